The van der Waals surface area contributed by atoms with Gasteiger partial charge >= 0.3 is 23.9 Å². The normalized spacial score (nSPS) is 28.5. The van der Waals surface area contributed by atoms with Gasteiger partial charge in [-0.3, -0.25) is 9.59 Å². The van der Waals surface area contributed by atoms with Crippen LogP contribution in [0.3, 0.4) is 0 Å². The topological polar surface area (TPSA) is 146 Å². The fraction of sp³-hybridized carbons (Fsp3) is 0.692. The molecule has 10 heteroatoms. The molecule has 0 aromatic carbocycles. The molecule has 2 N–H and O–H groups in total. The summed E-state index contributed by atoms with van der Waals surface area (Å²) in [5, 5.41) is 21.8. The Hall–Kier alpha value is -2.72. The highest BCUT2D eigenvalue weighted by Crippen LogP contribution is 2.33. The lowest BCUT2D eigenvalue weighted by molar-refractivity contribution is -0.253. The lowest BCUT2D eigenvalue weighted by Crippen LogP contribution is -2.67. The largest absolute Gasteiger partial charge is 0.454 e. The monoisotopic (exact) mass is 512 g/mol. The van der Waals surface area contributed by atoms with E-state index in [0.717, 1.165) is 0 Å². The molecule has 0 heterocycles. The molecule has 0 aliphatic heterocycles. The second-order valence-corrected chi connectivity index (χ2v) is 9.09. The van der Waals surface area contributed by atoms with Crippen LogP contribution < -0.4 is 0 Å². The Bertz CT molecular complexity index is 791. The Labute approximate surface area is 212 Å². The Kier molecular flexibility index (Phi) is 12.3. The van der Waals surface area contributed by atoms with E-state index in [-0.39, 0.29) is 11.1 Å². The molecule has 36 heavy (non-hydrogen) atoms. The molecule has 0 saturated heterocycles. The third-order valence-electron chi connectivity index (χ3n) is 6.52. The molecule has 0 bridgehead atoms. The van der Waals surface area contributed by atoms with Crippen molar-refractivity contribution in [1.29, 1.82) is 0 Å². The average molecular weight is 513 g/mol. The van der Waals surface area contributed by atoms with Crippen LogP contribution in [-0.4, -0.2) is 70.7 Å². The van der Waals surface area contributed by atoms with Crippen molar-refractivity contribution < 1.29 is 48.3 Å². The number of ether oxygens (including phenoxy) is 4. The number of hydrogen-bond acceptors (Lipinski definition) is 10. The summed E-state index contributed by atoms with van der Waals surface area (Å²) in [5.74, 6) is -4.20. The third kappa shape index (κ3) is 7.64. The van der Waals surface area contributed by atoms with E-state index in [0.29, 0.717) is 12.8 Å². The number of aliphatic hydroxyl groups is 2. The van der Waals surface area contributed by atoms with Crippen LogP contribution >= 0.6 is 0 Å². The van der Waals surface area contributed by atoms with Crippen molar-refractivity contribution in [1.82, 2.24) is 0 Å². The molecule has 0 aromatic heterocycles. The molecule has 8 atom stereocenters. The van der Waals surface area contributed by atoms with Crippen LogP contribution in [-0.2, 0) is 38.1 Å². The zero-order chi connectivity index (χ0) is 27.7. The van der Waals surface area contributed by atoms with E-state index < -0.39 is 72.3 Å². The molecule has 1 fully saturated rings. The smallest absolute Gasteiger partial charge is 0.333 e. The zero-order valence-electron chi connectivity index (χ0n) is 22.3. The molecule has 1 aliphatic carbocycles. The molecule has 0 spiro atoms. The fourth-order valence-corrected chi connectivity index (χ4v) is 3.20. The highest BCUT2D eigenvalue weighted by atomic mass is 16.6. The summed E-state index contributed by atoms with van der Waals surface area (Å²) in [4.78, 5) is 50.7. The van der Waals surface area contributed by atoms with E-state index in [2.05, 4.69) is 0 Å². The van der Waals surface area contributed by atoms with Crippen molar-refractivity contribution >= 4 is 23.9 Å². The molecule has 0 radical (unpaired) electrons. The SMILES string of the molecule is CC=C(C)C(=O)OC1C(O)C(O)C(OC(=O)C(C)=CC)C(OC(=O)C(C)CC)C1OC(=O)C(C)CC. The molecule has 1 rings (SSSR count). The van der Waals surface area contributed by atoms with Gasteiger partial charge in [0.25, 0.3) is 0 Å². The number of rotatable bonds is 10. The van der Waals surface area contributed by atoms with Gasteiger partial charge in [0.15, 0.2) is 24.4 Å². The number of carbonyl (C=O) groups excluding carboxylic acids is 4. The molecule has 1 saturated carbocycles. The van der Waals surface area contributed by atoms with Crippen molar-refractivity contribution in [2.24, 2.45) is 11.8 Å². The van der Waals surface area contributed by atoms with Gasteiger partial charge in [-0.25, -0.2) is 9.59 Å². The number of carbonyl (C=O) groups is 4. The molecular weight excluding hydrogens is 472 g/mol. The summed E-state index contributed by atoms with van der Waals surface area (Å²) >= 11 is 0. The van der Waals surface area contributed by atoms with Crippen LogP contribution in [0.5, 0.6) is 0 Å². The van der Waals surface area contributed by atoms with Crippen LogP contribution in [0.4, 0.5) is 0 Å². The minimum Gasteiger partial charge on any atom is -0.454 e. The predicted molar refractivity (Wildman–Crippen MR) is 129 cm³/mol. The Balaban J connectivity index is 3.61. The van der Waals surface area contributed by atoms with Crippen molar-refractivity contribution in [3.63, 3.8) is 0 Å². The van der Waals surface area contributed by atoms with Crippen LogP contribution in [0, 0.1) is 11.8 Å². The standard InChI is InChI=1S/C26H40O10/c1-9-13(5)23(29)33-19-17(27)18(28)20(34-24(30)14(6)10-2)22(36-26(32)16(8)12-4)21(19)35-25(31)15(7)11-3/h9-10,15-22,27-28H,11-12H2,1-8H3. The van der Waals surface area contributed by atoms with E-state index in [1.54, 1.807) is 41.5 Å². The highest BCUT2D eigenvalue weighted by Gasteiger charge is 2.57. The third-order valence-corrected chi connectivity index (χ3v) is 6.52. The van der Waals surface area contributed by atoms with E-state index in [1.165, 1.54) is 26.0 Å². The fourth-order valence-electron chi connectivity index (χ4n) is 3.20. The number of allylic oxidation sites excluding steroid dienone is 2. The first kappa shape index (κ1) is 31.3. The van der Waals surface area contributed by atoms with Crippen molar-refractivity contribution in [3.8, 4) is 0 Å². The van der Waals surface area contributed by atoms with Gasteiger partial charge in [-0.1, -0.05) is 39.8 Å². The molecule has 0 amide bonds. The summed E-state index contributed by atoms with van der Waals surface area (Å²) < 4.78 is 22.1. The summed E-state index contributed by atoms with van der Waals surface area (Å²) in [6.07, 6.45) is -6.16. The molecule has 10 nitrogen and oxygen atoms in total. The van der Waals surface area contributed by atoms with Gasteiger partial charge in [-0.05, 0) is 40.5 Å². The molecule has 1 aliphatic rings. The maximum Gasteiger partial charge on any atom is 0.333 e. The first-order valence-electron chi connectivity index (χ1n) is 12.3. The van der Waals surface area contributed by atoms with Gasteiger partial charge in [0, 0.05) is 11.1 Å². The van der Waals surface area contributed by atoms with E-state index in [4.69, 9.17) is 18.9 Å². The Morgan fingerprint density at radius 3 is 1.22 bits per heavy atom. The van der Waals surface area contributed by atoms with Gasteiger partial charge in [-0.2, -0.15) is 0 Å². The van der Waals surface area contributed by atoms with Crippen molar-refractivity contribution in [3.05, 3.63) is 23.3 Å². The molecule has 204 valence electrons. The van der Waals surface area contributed by atoms with Gasteiger partial charge < -0.3 is 29.2 Å². The molecule has 8 unspecified atom stereocenters. The Morgan fingerprint density at radius 1 is 0.667 bits per heavy atom. The molecule has 0 aromatic rings. The average Bonchev–Trinajstić information content (AvgIpc) is 2.88. The van der Waals surface area contributed by atoms with Gasteiger partial charge in [0.05, 0.1) is 11.8 Å². The van der Waals surface area contributed by atoms with Crippen LogP contribution in [0.25, 0.3) is 0 Å². The maximum atomic E-state index is 12.8. The first-order chi connectivity index (χ1) is 16.8. The zero-order valence-corrected chi connectivity index (χ0v) is 22.3. The first-order valence-corrected chi connectivity index (χ1v) is 12.3. The second-order valence-electron chi connectivity index (χ2n) is 9.09. The summed E-state index contributed by atoms with van der Waals surface area (Å²) in [6.45, 7) is 13.0. The van der Waals surface area contributed by atoms with Crippen LogP contribution in [0.2, 0.25) is 0 Å². The number of aliphatic hydroxyl groups excluding tert-OH is 2. The van der Waals surface area contributed by atoms with Crippen LogP contribution in [0.15, 0.2) is 23.3 Å². The predicted octanol–water partition coefficient (Wildman–Crippen LogP) is 2.39. The minimum absolute atomic E-state index is 0.203. The number of esters is 4. The van der Waals surface area contributed by atoms with E-state index >= 15 is 0 Å². The Morgan fingerprint density at radius 2 is 0.972 bits per heavy atom. The van der Waals surface area contributed by atoms with Gasteiger partial charge in [0.2, 0.25) is 0 Å². The highest BCUT2D eigenvalue weighted by molar-refractivity contribution is 5.88. The lowest BCUT2D eigenvalue weighted by atomic mass is 9.83. The van der Waals surface area contributed by atoms with Crippen LogP contribution in [0.1, 0.15) is 68.2 Å². The van der Waals surface area contributed by atoms with Crippen molar-refractivity contribution in [2.45, 2.75) is 105 Å². The summed E-state index contributed by atoms with van der Waals surface area (Å²) in [7, 11) is 0. The maximum absolute atomic E-state index is 12.8. The molecular formula is C26H40O10. The quantitative estimate of drug-likeness (QED) is 0.254. The van der Waals surface area contributed by atoms with Gasteiger partial charge in [0.1, 0.15) is 12.2 Å². The lowest BCUT2D eigenvalue weighted by Gasteiger charge is -2.45. The van der Waals surface area contributed by atoms with Gasteiger partial charge in [-0.15, -0.1) is 0 Å². The summed E-state index contributed by atoms with van der Waals surface area (Å²) in [5.41, 5.74) is 0.406. The second kappa shape index (κ2) is 14.1. The van der Waals surface area contributed by atoms with E-state index in [1.807, 2.05) is 0 Å². The van der Waals surface area contributed by atoms with E-state index in [9.17, 15) is 29.4 Å². The summed E-state index contributed by atoms with van der Waals surface area (Å²) in [6, 6.07) is 0. The van der Waals surface area contributed by atoms with Crippen molar-refractivity contribution in [2.75, 3.05) is 0 Å². The number of hydrogen-bond donors (Lipinski definition) is 2. The minimum atomic E-state index is -1.82.